The Balaban J connectivity index is 2.67. The van der Waals surface area contributed by atoms with Crippen LogP contribution in [0.3, 0.4) is 0 Å². The SMILES string of the molecule is C=C(C)COc1ccccc1CCC(=O)O. The first kappa shape index (κ1) is 12.3. The first-order valence-electron chi connectivity index (χ1n) is 5.16. The van der Waals surface area contributed by atoms with Crippen molar-refractivity contribution in [2.24, 2.45) is 0 Å². The average molecular weight is 220 g/mol. The van der Waals surface area contributed by atoms with E-state index in [-0.39, 0.29) is 6.42 Å². The highest BCUT2D eigenvalue weighted by Gasteiger charge is 2.05. The standard InChI is InChI=1S/C13H16O3/c1-10(2)9-16-12-6-4-3-5-11(12)7-8-13(14)15/h3-6H,1,7-9H2,2H3,(H,14,15). The van der Waals surface area contributed by atoms with Gasteiger partial charge >= 0.3 is 5.97 Å². The highest BCUT2D eigenvalue weighted by molar-refractivity contribution is 5.67. The van der Waals surface area contributed by atoms with Crippen LogP contribution in [-0.4, -0.2) is 17.7 Å². The van der Waals surface area contributed by atoms with Crippen LogP contribution >= 0.6 is 0 Å². The minimum absolute atomic E-state index is 0.118. The predicted octanol–water partition coefficient (Wildman–Crippen LogP) is 2.66. The Hall–Kier alpha value is -1.77. The van der Waals surface area contributed by atoms with Crippen LogP contribution in [0.4, 0.5) is 0 Å². The summed E-state index contributed by atoms with van der Waals surface area (Å²) in [6, 6.07) is 7.49. The Bertz CT molecular complexity index is 346. The van der Waals surface area contributed by atoms with Crippen molar-refractivity contribution in [3.05, 3.63) is 42.0 Å². The summed E-state index contributed by atoms with van der Waals surface area (Å²) < 4.78 is 5.54. The van der Waals surface area contributed by atoms with Gasteiger partial charge in [0, 0.05) is 6.42 Å². The van der Waals surface area contributed by atoms with E-state index in [9.17, 15) is 4.79 Å². The minimum Gasteiger partial charge on any atom is -0.489 e. The van der Waals surface area contributed by atoms with Gasteiger partial charge in [0.05, 0.1) is 0 Å². The third kappa shape index (κ3) is 4.17. The Morgan fingerprint density at radius 1 is 1.44 bits per heavy atom. The number of carboxylic acids is 1. The largest absolute Gasteiger partial charge is 0.489 e. The van der Waals surface area contributed by atoms with Crippen LogP contribution < -0.4 is 4.74 Å². The van der Waals surface area contributed by atoms with Crippen LogP contribution in [0.2, 0.25) is 0 Å². The molecule has 1 aromatic carbocycles. The van der Waals surface area contributed by atoms with Gasteiger partial charge in [0.2, 0.25) is 0 Å². The summed E-state index contributed by atoms with van der Waals surface area (Å²) in [5, 5.41) is 8.63. The number of aliphatic carboxylic acids is 1. The van der Waals surface area contributed by atoms with Crippen LogP contribution in [0.25, 0.3) is 0 Å². The number of carboxylic acid groups (broad SMARTS) is 1. The molecule has 0 aliphatic carbocycles. The second-order valence-corrected chi connectivity index (χ2v) is 3.75. The van der Waals surface area contributed by atoms with E-state index in [4.69, 9.17) is 9.84 Å². The summed E-state index contributed by atoms with van der Waals surface area (Å²) in [6.07, 6.45) is 0.606. The number of aryl methyl sites for hydroxylation is 1. The van der Waals surface area contributed by atoms with E-state index in [0.717, 1.165) is 16.9 Å². The van der Waals surface area contributed by atoms with Crippen molar-refractivity contribution in [2.75, 3.05) is 6.61 Å². The maximum absolute atomic E-state index is 10.5. The lowest BCUT2D eigenvalue weighted by molar-refractivity contribution is -0.136. The van der Waals surface area contributed by atoms with Crippen molar-refractivity contribution in [1.82, 2.24) is 0 Å². The molecule has 0 saturated heterocycles. The summed E-state index contributed by atoms with van der Waals surface area (Å²) in [4.78, 5) is 10.5. The number of para-hydroxylation sites is 1. The molecule has 1 aromatic rings. The molecule has 0 radical (unpaired) electrons. The molecule has 1 N–H and O–H groups in total. The van der Waals surface area contributed by atoms with E-state index < -0.39 is 5.97 Å². The second kappa shape index (κ2) is 5.95. The first-order valence-corrected chi connectivity index (χ1v) is 5.16. The molecule has 0 aliphatic rings. The highest BCUT2D eigenvalue weighted by Crippen LogP contribution is 2.19. The number of hydrogen-bond donors (Lipinski definition) is 1. The molecule has 0 saturated carbocycles. The zero-order chi connectivity index (χ0) is 12.0. The molecule has 0 aromatic heterocycles. The van der Waals surface area contributed by atoms with Crippen LogP contribution in [0, 0.1) is 0 Å². The molecule has 86 valence electrons. The van der Waals surface area contributed by atoms with Crippen molar-refractivity contribution in [2.45, 2.75) is 19.8 Å². The zero-order valence-corrected chi connectivity index (χ0v) is 9.40. The lowest BCUT2D eigenvalue weighted by atomic mass is 10.1. The van der Waals surface area contributed by atoms with Crippen molar-refractivity contribution < 1.29 is 14.6 Å². The molecule has 0 heterocycles. The van der Waals surface area contributed by atoms with Gasteiger partial charge in [-0.1, -0.05) is 24.8 Å². The molecule has 0 unspecified atom stereocenters. The van der Waals surface area contributed by atoms with Crippen LogP contribution in [0.5, 0.6) is 5.75 Å². The van der Waals surface area contributed by atoms with Crippen LogP contribution in [0.15, 0.2) is 36.4 Å². The summed E-state index contributed by atoms with van der Waals surface area (Å²) >= 11 is 0. The Labute approximate surface area is 95.4 Å². The first-order chi connectivity index (χ1) is 7.59. The van der Waals surface area contributed by atoms with Gasteiger partial charge in [0.25, 0.3) is 0 Å². The van der Waals surface area contributed by atoms with Crippen molar-refractivity contribution >= 4 is 5.97 Å². The van der Waals surface area contributed by atoms with Gasteiger partial charge in [-0.2, -0.15) is 0 Å². The molecule has 16 heavy (non-hydrogen) atoms. The molecule has 0 fully saturated rings. The summed E-state index contributed by atoms with van der Waals surface area (Å²) in [7, 11) is 0. The molecule has 1 rings (SSSR count). The zero-order valence-electron chi connectivity index (χ0n) is 9.40. The topological polar surface area (TPSA) is 46.5 Å². The molecule has 0 amide bonds. The Kier molecular flexibility index (Phi) is 4.58. The van der Waals surface area contributed by atoms with Gasteiger partial charge < -0.3 is 9.84 Å². The average Bonchev–Trinajstić information content (AvgIpc) is 2.24. The van der Waals surface area contributed by atoms with Gasteiger partial charge in [-0.3, -0.25) is 4.79 Å². The monoisotopic (exact) mass is 220 g/mol. The molecule has 3 nitrogen and oxygen atoms in total. The van der Waals surface area contributed by atoms with E-state index in [2.05, 4.69) is 6.58 Å². The van der Waals surface area contributed by atoms with E-state index in [0.29, 0.717) is 13.0 Å². The quantitative estimate of drug-likeness (QED) is 0.750. The highest BCUT2D eigenvalue weighted by atomic mass is 16.5. The molecule has 3 heteroatoms. The third-order valence-corrected chi connectivity index (χ3v) is 2.05. The van der Waals surface area contributed by atoms with Gasteiger partial charge in [-0.05, 0) is 30.5 Å². The summed E-state index contributed by atoms with van der Waals surface area (Å²) in [5.74, 6) is -0.0542. The van der Waals surface area contributed by atoms with Crippen LogP contribution in [-0.2, 0) is 11.2 Å². The Morgan fingerprint density at radius 3 is 2.75 bits per heavy atom. The minimum atomic E-state index is -0.797. The number of ether oxygens (including phenoxy) is 1. The van der Waals surface area contributed by atoms with E-state index in [1.807, 2.05) is 31.2 Å². The van der Waals surface area contributed by atoms with Crippen molar-refractivity contribution in [1.29, 1.82) is 0 Å². The van der Waals surface area contributed by atoms with Gasteiger partial charge in [0.15, 0.2) is 0 Å². The smallest absolute Gasteiger partial charge is 0.303 e. The fourth-order valence-electron chi connectivity index (χ4n) is 1.29. The van der Waals surface area contributed by atoms with Crippen molar-refractivity contribution in [3.63, 3.8) is 0 Å². The molecular weight excluding hydrogens is 204 g/mol. The maximum Gasteiger partial charge on any atom is 0.303 e. The van der Waals surface area contributed by atoms with E-state index in [1.165, 1.54) is 0 Å². The molecular formula is C13H16O3. The third-order valence-electron chi connectivity index (χ3n) is 2.05. The fourth-order valence-corrected chi connectivity index (χ4v) is 1.29. The predicted molar refractivity (Wildman–Crippen MR) is 62.7 cm³/mol. The summed E-state index contributed by atoms with van der Waals surface area (Å²) in [5.41, 5.74) is 1.86. The maximum atomic E-state index is 10.5. The number of benzene rings is 1. The van der Waals surface area contributed by atoms with Crippen molar-refractivity contribution in [3.8, 4) is 5.75 Å². The van der Waals surface area contributed by atoms with Gasteiger partial charge in [-0.25, -0.2) is 0 Å². The fraction of sp³-hybridized carbons (Fsp3) is 0.308. The lowest BCUT2D eigenvalue weighted by Crippen LogP contribution is -2.03. The number of hydrogen-bond acceptors (Lipinski definition) is 2. The molecule has 0 bridgehead atoms. The lowest BCUT2D eigenvalue weighted by Gasteiger charge is -2.10. The van der Waals surface area contributed by atoms with E-state index >= 15 is 0 Å². The Morgan fingerprint density at radius 2 is 2.12 bits per heavy atom. The van der Waals surface area contributed by atoms with Crippen LogP contribution in [0.1, 0.15) is 18.9 Å². The van der Waals surface area contributed by atoms with E-state index in [1.54, 1.807) is 0 Å². The number of carbonyl (C=O) groups is 1. The molecule has 0 spiro atoms. The van der Waals surface area contributed by atoms with Gasteiger partial charge in [-0.15, -0.1) is 0 Å². The normalized spacial score (nSPS) is 9.81. The molecule has 0 aliphatic heterocycles. The number of rotatable bonds is 6. The summed E-state index contributed by atoms with van der Waals surface area (Å²) in [6.45, 7) is 6.11. The van der Waals surface area contributed by atoms with Gasteiger partial charge in [0.1, 0.15) is 12.4 Å². The molecule has 0 atom stereocenters. The second-order valence-electron chi connectivity index (χ2n) is 3.75.